The minimum atomic E-state index is -3.79. The van der Waals surface area contributed by atoms with Crippen molar-refractivity contribution in [2.75, 3.05) is 26.7 Å². The Balaban J connectivity index is 2.32. The SMILES string of the molecule is COC(=O)NS(=O)(=O)NCC1CCCNC1. The molecule has 1 aliphatic rings. The van der Waals surface area contributed by atoms with Crippen LogP contribution in [0.1, 0.15) is 12.8 Å². The molecule has 0 aromatic carbocycles. The van der Waals surface area contributed by atoms with Crippen LogP contribution in [0.15, 0.2) is 0 Å². The van der Waals surface area contributed by atoms with Crippen molar-refractivity contribution in [3.05, 3.63) is 0 Å². The van der Waals surface area contributed by atoms with Crippen molar-refractivity contribution >= 4 is 16.3 Å². The molecule has 0 aromatic heterocycles. The van der Waals surface area contributed by atoms with Gasteiger partial charge in [-0.15, -0.1) is 0 Å². The Kier molecular flexibility index (Phi) is 4.97. The highest BCUT2D eigenvalue weighted by Gasteiger charge is 2.18. The molecule has 3 N–H and O–H groups in total. The minimum absolute atomic E-state index is 0.267. The first-order valence-electron chi connectivity index (χ1n) is 5.09. The van der Waals surface area contributed by atoms with E-state index in [-0.39, 0.29) is 5.92 Å². The number of rotatable bonds is 4. The van der Waals surface area contributed by atoms with Crippen molar-refractivity contribution in [3.63, 3.8) is 0 Å². The van der Waals surface area contributed by atoms with E-state index < -0.39 is 16.3 Å². The Hall–Kier alpha value is -0.860. The first kappa shape index (κ1) is 13.2. The highest BCUT2D eigenvalue weighted by Crippen LogP contribution is 2.08. The number of nitrogens with one attached hydrogen (secondary N) is 3. The summed E-state index contributed by atoms with van der Waals surface area (Å²) in [5, 5.41) is 3.18. The maximum absolute atomic E-state index is 11.3. The normalized spacial score (nSPS) is 21.4. The summed E-state index contributed by atoms with van der Waals surface area (Å²) in [6, 6.07) is 0. The number of hydrogen-bond acceptors (Lipinski definition) is 5. The second-order valence-electron chi connectivity index (χ2n) is 3.66. The Morgan fingerprint density at radius 2 is 2.31 bits per heavy atom. The number of piperidine rings is 1. The van der Waals surface area contributed by atoms with Crippen LogP contribution in [0.25, 0.3) is 0 Å². The van der Waals surface area contributed by atoms with E-state index in [2.05, 4.69) is 14.8 Å². The quantitative estimate of drug-likeness (QED) is 0.606. The predicted octanol–water partition coefficient (Wildman–Crippen LogP) is -0.824. The van der Waals surface area contributed by atoms with Gasteiger partial charge in [0.2, 0.25) is 0 Å². The van der Waals surface area contributed by atoms with Crippen LogP contribution in [0.5, 0.6) is 0 Å². The lowest BCUT2D eigenvalue weighted by Crippen LogP contribution is -2.44. The molecule has 7 nitrogen and oxygen atoms in total. The minimum Gasteiger partial charge on any atom is -0.452 e. The van der Waals surface area contributed by atoms with Gasteiger partial charge in [-0.2, -0.15) is 13.1 Å². The van der Waals surface area contributed by atoms with Gasteiger partial charge in [-0.1, -0.05) is 0 Å². The standard InChI is InChI=1S/C8H17N3O4S/c1-15-8(12)11-16(13,14)10-6-7-3-2-4-9-5-7/h7,9-10H,2-6H2,1H3,(H,11,12). The second-order valence-corrected chi connectivity index (χ2v) is 5.16. The summed E-state index contributed by atoms with van der Waals surface area (Å²) in [5.74, 6) is 0.267. The van der Waals surface area contributed by atoms with E-state index >= 15 is 0 Å². The van der Waals surface area contributed by atoms with Crippen LogP contribution in [0.3, 0.4) is 0 Å². The molecule has 1 fully saturated rings. The lowest BCUT2D eigenvalue weighted by atomic mass is 10.0. The summed E-state index contributed by atoms with van der Waals surface area (Å²) in [6.45, 7) is 2.09. The van der Waals surface area contributed by atoms with Gasteiger partial charge in [-0.25, -0.2) is 9.52 Å². The molecule has 8 heteroatoms. The van der Waals surface area contributed by atoms with E-state index in [1.807, 2.05) is 0 Å². The summed E-state index contributed by atoms with van der Waals surface area (Å²) in [7, 11) is -2.69. The molecule has 1 unspecified atom stereocenters. The zero-order valence-electron chi connectivity index (χ0n) is 9.15. The molecule has 0 bridgehead atoms. The average Bonchev–Trinajstić information content (AvgIpc) is 2.27. The lowest BCUT2D eigenvalue weighted by Gasteiger charge is -2.22. The van der Waals surface area contributed by atoms with Gasteiger partial charge in [0.25, 0.3) is 0 Å². The van der Waals surface area contributed by atoms with Gasteiger partial charge in [-0.3, -0.25) is 0 Å². The Bertz CT molecular complexity index is 324. The maximum atomic E-state index is 11.3. The van der Waals surface area contributed by atoms with Gasteiger partial charge in [0.15, 0.2) is 0 Å². The molecule has 0 saturated carbocycles. The van der Waals surface area contributed by atoms with Gasteiger partial charge in [0, 0.05) is 6.54 Å². The summed E-state index contributed by atoms with van der Waals surface area (Å²) in [6.07, 6.45) is 1.03. The monoisotopic (exact) mass is 251 g/mol. The molecule has 1 heterocycles. The van der Waals surface area contributed by atoms with Crippen molar-refractivity contribution in [1.29, 1.82) is 0 Å². The number of hydrogen-bond donors (Lipinski definition) is 3. The lowest BCUT2D eigenvalue weighted by molar-refractivity contribution is 0.177. The number of carbonyl (C=O) groups is 1. The molecule has 16 heavy (non-hydrogen) atoms. The highest BCUT2D eigenvalue weighted by atomic mass is 32.2. The number of amides is 1. The van der Waals surface area contributed by atoms with E-state index in [0.29, 0.717) is 6.54 Å². The van der Waals surface area contributed by atoms with Gasteiger partial charge >= 0.3 is 16.3 Å². The number of methoxy groups -OCH3 is 1. The van der Waals surface area contributed by atoms with Crippen molar-refractivity contribution in [2.24, 2.45) is 5.92 Å². The van der Waals surface area contributed by atoms with Gasteiger partial charge in [-0.05, 0) is 31.8 Å². The first-order chi connectivity index (χ1) is 7.53. The molecule has 1 amide bonds. The van der Waals surface area contributed by atoms with E-state index in [4.69, 9.17) is 0 Å². The summed E-state index contributed by atoms with van der Waals surface area (Å²) >= 11 is 0. The molecule has 0 aliphatic carbocycles. The third-order valence-corrected chi connectivity index (χ3v) is 3.35. The fourth-order valence-corrected chi connectivity index (χ4v) is 2.34. The molecule has 1 saturated heterocycles. The summed E-state index contributed by atoms with van der Waals surface area (Å²) in [4.78, 5) is 10.7. The highest BCUT2D eigenvalue weighted by molar-refractivity contribution is 7.88. The zero-order chi connectivity index (χ0) is 12.0. The fraction of sp³-hybridized carbons (Fsp3) is 0.875. The topological polar surface area (TPSA) is 96.5 Å². The van der Waals surface area contributed by atoms with E-state index in [1.54, 1.807) is 4.72 Å². The van der Waals surface area contributed by atoms with Crippen LogP contribution in [0.4, 0.5) is 4.79 Å². The van der Waals surface area contributed by atoms with Crippen molar-refractivity contribution in [1.82, 2.24) is 14.8 Å². The Labute approximate surface area is 95.1 Å². The van der Waals surface area contributed by atoms with Crippen molar-refractivity contribution < 1.29 is 17.9 Å². The van der Waals surface area contributed by atoms with Crippen LogP contribution >= 0.6 is 0 Å². The van der Waals surface area contributed by atoms with Crippen LogP contribution in [-0.2, 0) is 14.9 Å². The Morgan fingerprint density at radius 1 is 1.56 bits per heavy atom. The molecule has 1 rings (SSSR count). The molecule has 94 valence electrons. The molecule has 0 radical (unpaired) electrons. The molecule has 1 atom stereocenters. The molecule has 1 aliphatic heterocycles. The summed E-state index contributed by atoms with van der Waals surface area (Å²) in [5.41, 5.74) is 0. The molecular weight excluding hydrogens is 234 g/mol. The zero-order valence-corrected chi connectivity index (χ0v) is 9.97. The molecule has 0 spiro atoms. The third kappa shape index (κ3) is 4.77. The van der Waals surface area contributed by atoms with E-state index in [1.165, 1.54) is 0 Å². The van der Waals surface area contributed by atoms with Crippen LogP contribution < -0.4 is 14.8 Å². The Morgan fingerprint density at radius 3 is 2.88 bits per heavy atom. The van der Waals surface area contributed by atoms with Gasteiger partial charge < -0.3 is 10.1 Å². The van der Waals surface area contributed by atoms with Crippen LogP contribution in [0.2, 0.25) is 0 Å². The number of carbonyl (C=O) groups excluding carboxylic acids is 1. The fourth-order valence-electron chi connectivity index (χ4n) is 1.51. The predicted molar refractivity (Wildman–Crippen MR) is 58.1 cm³/mol. The van der Waals surface area contributed by atoms with Gasteiger partial charge in [0.05, 0.1) is 7.11 Å². The first-order valence-corrected chi connectivity index (χ1v) is 6.58. The van der Waals surface area contributed by atoms with Gasteiger partial charge in [0.1, 0.15) is 0 Å². The smallest absolute Gasteiger partial charge is 0.421 e. The molecule has 0 aromatic rings. The van der Waals surface area contributed by atoms with E-state index in [0.717, 1.165) is 33.0 Å². The van der Waals surface area contributed by atoms with Crippen molar-refractivity contribution in [3.8, 4) is 0 Å². The van der Waals surface area contributed by atoms with E-state index in [9.17, 15) is 13.2 Å². The number of ether oxygens (including phenoxy) is 1. The second kappa shape index (κ2) is 6.02. The average molecular weight is 251 g/mol. The largest absolute Gasteiger partial charge is 0.452 e. The maximum Gasteiger partial charge on any atom is 0.421 e. The summed E-state index contributed by atoms with van der Waals surface area (Å²) < 4.78 is 30.8. The van der Waals surface area contributed by atoms with Crippen molar-refractivity contribution in [2.45, 2.75) is 12.8 Å². The van der Waals surface area contributed by atoms with Crippen LogP contribution in [0, 0.1) is 5.92 Å². The third-order valence-electron chi connectivity index (χ3n) is 2.36. The molecular formula is C8H17N3O4S. The van der Waals surface area contributed by atoms with Crippen LogP contribution in [-0.4, -0.2) is 41.3 Å².